The molecule has 1 amide bonds. The van der Waals surface area contributed by atoms with Crippen LogP contribution < -0.4 is 15.0 Å². The maximum Gasteiger partial charge on any atom is 0.262 e. The smallest absolute Gasteiger partial charge is 0.262 e. The molecule has 0 aliphatic carbocycles. The van der Waals surface area contributed by atoms with Gasteiger partial charge < -0.3 is 15.0 Å². The minimum atomic E-state index is -0.148. The molecule has 28 heavy (non-hydrogen) atoms. The van der Waals surface area contributed by atoms with Gasteiger partial charge in [0.1, 0.15) is 5.75 Å². The van der Waals surface area contributed by atoms with Gasteiger partial charge in [-0.1, -0.05) is 32.9 Å². The number of amides is 1. The summed E-state index contributed by atoms with van der Waals surface area (Å²) in [6, 6.07) is 16.1. The van der Waals surface area contributed by atoms with Crippen LogP contribution in [-0.4, -0.2) is 25.6 Å². The van der Waals surface area contributed by atoms with E-state index in [1.165, 1.54) is 24.1 Å². The number of ether oxygens (including phenoxy) is 1. The Balaban J connectivity index is 1.47. The van der Waals surface area contributed by atoms with Gasteiger partial charge >= 0.3 is 0 Å². The van der Waals surface area contributed by atoms with Gasteiger partial charge in [-0.05, 0) is 73.1 Å². The van der Waals surface area contributed by atoms with Crippen molar-refractivity contribution in [2.75, 3.05) is 29.9 Å². The summed E-state index contributed by atoms with van der Waals surface area (Å²) in [7, 11) is 0. The molecule has 4 nitrogen and oxygen atoms in total. The number of hydrogen-bond donors (Lipinski definition) is 1. The molecular weight excluding hydrogens is 348 g/mol. The van der Waals surface area contributed by atoms with Crippen molar-refractivity contribution < 1.29 is 9.53 Å². The van der Waals surface area contributed by atoms with Crippen molar-refractivity contribution >= 4 is 17.3 Å². The zero-order valence-electron chi connectivity index (χ0n) is 17.3. The van der Waals surface area contributed by atoms with Gasteiger partial charge in [0, 0.05) is 24.5 Å². The summed E-state index contributed by atoms with van der Waals surface area (Å²) in [6.45, 7) is 8.93. The van der Waals surface area contributed by atoms with E-state index in [-0.39, 0.29) is 12.5 Å². The molecule has 1 atom stereocenters. The van der Waals surface area contributed by atoms with E-state index in [2.05, 4.69) is 55.3 Å². The minimum Gasteiger partial charge on any atom is -0.484 e. The van der Waals surface area contributed by atoms with E-state index < -0.39 is 0 Å². The quantitative estimate of drug-likeness (QED) is 0.694. The minimum absolute atomic E-state index is 0.00838. The maximum absolute atomic E-state index is 12.2. The molecule has 2 aromatic rings. The van der Waals surface area contributed by atoms with Crippen LogP contribution >= 0.6 is 0 Å². The average molecular weight is 381 g/mol. The summed E-state index contributed by atoms with van der Waals surface area (Å²) in [5.41, 5.74) is 3.32. The summed E-state index contributed by atoms with van der Waals surface area (Å²) in [5, 5.41) is 2.91. The molecule has 150 valence electrons. The Morgan fingerprint density at radius 2 is 1.75 bits per heavy atom. The molecule has 3 rings (SSSR count). The lowest BCUT2D eigenvalue weighted by molar-refractivity contribution is -0.118. The molecule has 1 saturated heterocycles. The van der Waals surface area contributed by atoms with Crippen molar-refractivity contribution in [3.63, 3.8) is 0 Å². The fourth-order valence-corrected chi connectivity index (χ4v) is 3.50. The van der Waals surface area contributed by atoms with Gasteiger partial charge in [-0.25, -0.2) is 0 Å². The number of anilines is 2. The number of piperidine rings is 1. The molecule has 1 aliphatic heterocycles. The number of carbonyl (C=O) groups is 1. The van der Waals surface area contributed by atoms with Crippen molar-refractivity contribution in [1.29, 1.82) is 0 Å². The van der Waals surface area contributed by atoms with E-state index in [9.17, 15) is 4.79 Å². The number of benzene rings is 2. The number of nitrogens with one attached hydrogen (secondary N) is 1. The Morgan fingerprint density at radius 1 is 1.11 bits per heavy atom. The van der Waals surface area contributed by atoms with Gasteiger partial charge in [0.05, 0.1) is 0 Å². The first-order valence-corrected chi connectivity index (χ1v) is 10.4. The lowest BCUT2D eigenvalue weighted by Crippen LogP contribution is -2.32. The molecule has 1 unspecified atom stereocenters. The first-order chi connectivity index (χ1) is 13.5. The van der Waals surface area contributed by atoms with Crippen molar-refractivity contribution in [2.24, 2.45) is 5.92 Å². The van der Waals surface area contributed by atoms with Crippen molar-refractivity contribution in [1.82, 2.24) is 0 Å². The summed E-state index contributed by atoms with van der Waals surface area (Å²) >= 11 is 0. The highest BCUT2D eigenvalue weighted by molar-refractivity contribution is 5.92. The lowest BCUT2D eigenvalue weighted by Gasteiger charge is -2.32. The van der Waals surface area contributed by atoms with Crippen LogP contribution in [-0.2, 0) is 4.79 Å². The zero-order valence-corrected chi connectivity index (χ0v) is 17.3. The number of rotatable bonds is 7. The van der Waals surface area contributed by atoms with Gasteiger partial charge in [0.25, 0.3) is 5.91 Å². The van der Waals surface area contributed by atoms with Crippen LogP contribution in [0.2, 0.25) is 0 Å². The summed E-state index contributed by atoms with van der Waals surface area (Å²) in [4.78, 5) is 14.6. The van der Waals surface area contributed by atoms with Crippen LogP contribution in [0.1, 0.15) is 51.5 Å². The molecule has 1 N–H and O–H groups in total. The van der Waals surface area contributed by atoms with Crippen molar-refractivity contribution in [3.05, 3.63) is 54.1 Å². The first kappa shape index (κ1) is 20.2. The van der Waals surface area contributed by atoms with Crippen molar-refractivity contribution in [2.45, 2.75) is 46.0 Å². The second-order valence-electron chi connectivity index (χ2n) is 7.93. The monoisotopic (exact) mass is 380 g/mol. The standard InChI is InChI=1S/C24H32N2O2/c1-4-19(3)20-5-11-23(12-6-20)28-17-24(27)25-21-7-9-22(10-8-21)26-15-13-18(2)14-16-26/h5-12,18-19H,4,13-17H2,1-3H3,(H,25,27). The highest BCUT2D eigenvalue weighted by Crippen LogP contribution is 2.24. The number of hydrogen-bond acceptors (Lipinski definition) is 3. The Hall–Kier alpha value is -2.49. The Labute approximate surface area is 168 Å². The summed E-state index contributed by atoms with van der Waals surface area (Å²) in [6.07, 6.45) is 3.60. The van der Waals surface area contributed by atoms with Crippen LogP contribution in [0.4, 0.5) is 11.4 Å². The van der Waals surface area contributed by atoms with E-state index in [0.29, 0.717) is 5.92 Å². The third-order valence-electron chi connectivity index (χ3n) is 5.73. The van der Waals surface area contributed by atoms with Gasteiger partial charge in [0.2, 0.25) is 0 Å². The predicted octanol–water partition coefficient (Wildman–Crippen LogP) is 5.45. The second-order valence-corrected chi connectivity index (χ2v) is 7.93. The molecular formula is C24H32N2O2. The third kappa shape index (κ3) is 5.51. The SMILES string of the molecule is CCC(C)c1ccc(OCC(=O)Nc2ccc(N3CCC(C)CC3)cc2)cc1. The van der Waals surface area contributed by atoms with E-state index >= 15 is 0 Å². The lowest BCUT2D eigenvalue weighted by atomic mass is 9.99. The second kappa shape index (κ2) is 9.63. The van der Waals surface area contributed by atoms with Crippen LogP contribution in [0.15, 0.2) is 48.5 Å². The van der Waals surface area contributed by atoms with E-state index in [1.807, 2.05) is 24.3 Å². The van der Waals surface area contributed by atoms with Gasteiger partial charge in [-0.2, -0.15) is 0 Å². The molecule has 2 aromatic carbocycles. The maximum atomic E-state index is 12.2. The largest absolute Gasteiger partial charge is 0.484 e. The average Bonchev–Trinajstić information content (AvgIpc) is 2.73. The molecule has 1 fully saturated rings. The predicted molar refractivity (Wildman–Crippen MR) is 116 cm³/mol. The van der Waals surface area contributed by atoms with Gasteiger partial charge in [0.15, 0.2) is 6.61 Å². The Bertz CT molecular complexity index is 747. The highest BCUT2D eigenvalue weighted by Gasteiger charge is 2.16. The number of carbonyl (C=O) groups excluding carboxylic acids is 1. The summed E-state index contributed by atoms with van der Waals surface area (Å²) in [5.74, 6) is 1.93. The van der Waals surface area contributed by atoms with E-state index in [4.69, 9.17) is 4.74 Å². The van der Waals surface area contributed by atoms with E-state index in [0.717, 1.165) is 36.9 Å². The molecule has 1 heterocycles. The zero-order chi connectivity index (χ0) is 19.9. The molecule has 4 heteroatoms. The molecule has 0 spiro atoms. The molecule has 1 aliphatic rings. The highest BCUT2D eigenvalue weighted by atomic mass is 16.5. The molecule has 0 radical (unpaired) electrons. The molecule has 0 saturated carbocycles. The first-order valence-electron chi connectivity index (χ1n) is 10.4. The molecule has 0 bridgehead atoms. The molecule has 0 aromatic heterocycles. The van der Waals surface area contributed by atoms with Gasteiger partial charge in [-0.15, -0.1) is 0 Å². The van der Waals surface area contributed by atoms with Crippen molar-refractivity contribution in [3.8, 4) is 5.75 Å². The van der Waals surface area contributed by atoms with Crippen LogP contribution in [0.25, 0.3) is 0 Å². The number of nitrogens with zero attached hydrogens (tertiary/aromatic N) is 1. The van der Waals surface area contributed by atoms with E-state index in [1.54, 1.807) is 0 Å². The topological polar surface area (TPSA) is 41.6 Å². The summed E-state index contributed by atoms with van der Waals surface area (Å²) < 4.78 is 5.62. The van der Waals surface area contributed by atoms with Crippen LogP contribution in [0, 0.1) is 5.92 Å². The van der Waals surface area contributed by atoms with Gasteiger partial charge in [-0.3, -0.25) is 4.79 Å². The Kier molecular flexibility index (Phi) is 6.96. The fraction of sp³-hybridized carbons (Fsp3) is 0.458. The van der Waals surface area contributed by atoms with Crippen LogP contribution in [0.3, 0.4) is 0 Å². The fourth-order valence-electron chi connectivity index (χ4n) is 3.50. The van der Waals surface area contributed by atoms with Crippen LogP contribution in [0.5, 0.6) is 5.75 Å². The Morgan fingerprint density at radius 3 is 2.36 bits per heavy atom. The normalized spacial score (nSPS) is 15.9. The third-order valence-corrected chi connectivity index (χ3v) is 5.73.